The molecule has 0 bridgehead atoms. The number of hydrogen-bond donors (Lipinski definition) is 2. The summed E-state index contributed by atoms with van der Waals surface area (Å²) in [5, 5.41) is 9.58. The molecule has 0 atom stereocenters. The summed E-state index contributed by atoms with van der Waals surface area (Å²) in [6, 6.07) is 11.4. The zero-order valence-electron chi connectivity index (χ0n) is 10.7. The van der Waals surface area contributed by atoms with Gasteiger partial charge in [0.1, 0.15) is 5.75 Å². The number of aromatic hydroxyl groups is 1. The van der Waals surface area contributed by atoms with Crippen LogP contribution in [0.25, 0.3) is 0 Å². The van der Waals surface area contributed by atoms with Crippen LogP contribution in [0.15, 0.2) is 47.4 Å². The Morgan fingerprint density at radius 3 is 2.42 bits per heavy atom. The van der Waals surface area contributed by atoms with Gasteiger partial charge in [0.2, 0.25) is 0 Å². The highest BCUT2D eigenvalue weighted by atomic mass is 32.2. The standard InChI is InChI=1S/C14H15NO3S/c1-10-5-3-6-12(9-10)19(17,18)15-13-7-4-8-14(16)11(13)2/h3-9,15-16H,1-2H3. The predicted molar refractivity (Wildman–Crippen MR) is 74.8 cm³/mol. The Bertz CT molecular complexity index is 708. The predicted octanol–water partition coefficient (Wildman–Crippen LogP) is 2.81. The van der Waals surface area contributed by atoms with Gasteiger partial charge in [0.05, 0.1) is 10.6 Å². The average molecular weight is 277 g/mol. The molecule has 0 fully saturated rings. The number of hydrogen-bond acceptors (Lipinski definition) is 3. The number of anilines is 1. The molecule has 0 aliphatic carbocycles. The fourth-order valence-corrected chi connectivity index (χ4v) is 2.95. The number of aryl methyl sites for hydroxylation is 1. The Kier molecular flexibility index (Phi) is 3.48. The second-order valence-electron chi connectivity index (χ2n) is 4.37. The zero-order valence-corrected chi connectivity index (χ0v) is 11.5. The van der Waals surface area contributed by atoms with Crippen molar-refractivity contribution < 1.29 is 13.5 Å². The molecule has 0 unspecified atom stereocenters. The average Bonchev–Trinajstić information content (AvgIpc) is 2.35. The zero-order chi connectivity index (χ0) is 14.0. The summed E-state index contributed by atoms with van der Waals surface area (Å²) in [7, 11) is -3.64. The third kappa shape index (κ3) is 2.88. The van der Waals surface area contributed by atoms with Gasteiger partial charge in [0, 0.05) is 5.56 Å². The van der Waals surface area contributed by atoms with E-state index in [0.29, 0.717) is 11.3 Å². The van der Waals surface area contributed by atoms with Crippen LogP contribution in [-0.4, -0.2) is 13.5 Å². The maximum atomic E-state index is 12.2. The van der Waals surface area contributed by atoms with E-state index in [-0.39, 0.29) is 10.6 Å². The van der Waals surface area contributed by atoms with Gasteiger partial charge in [-0.05, 0) is 43.7 Å². The molecule has 2 N–H and O–H groups in total. The van der Waals surface area contributed by atoms with Crippen molar-refractivity contribution in [2.24, 2.45) is 0 Å². The molecule has 0 aliphatic heterocycles. The van der Waals surface area contributed by atoms with Crippen LogP contribution < -0.4 is 4.72 Å². The molecule has 4 nitrogen and oxygen atoms in total. The highest BCUT2D eigenvalue weighted by molar-refractivity contribution is 7.92. The Hall–Kier alpha value is -2.01. The molecule has 100 valence electrons. The van der Waals surface area contributed by atoms with Crippen LogP contribution in [-0.2, 0) is 10.0 Å². The number of phenols is 1. The summed E-state index contributed by atoms with van der Waals surface area (Å²) in [4.78, 5) is 0.204. The van der Waals surface area contributed by atoms with E-state index in [1.165, 1.54) is 12.1 Å². The summed E-state index contributed by atoms with van der Waals surface area (Å²) in [6.45, 7) is 3.49. The lowest BCUT2D eigenvalue weighted by Crippen LogP contribution is -2.13. The molecule has 0 heterocycles. The molecule has 0 aromatic heterocycles. The van der Waals surface area contributed by atoms with E-state index in [0.717, 1.165) is 5.56 Å². The number of benzene rings is 2. The number of sulfonamides is 1. The monoisotopic (exact) mass is 277 g/mol. The van der Waals surface area contributed by atoms with Crippen molar-refractivity contribution in [3.8, 4) is 5.75 Å². The minimum Gasteiger partial charge on any atom is -0.508 e. The summed E-state index contributed by atoms with van der Waals surface area (Å²) in [5.41, 5.74) is 1.75. The second kappa shape index (κ2) is 4.93. The van der Waals surface area contributed by atoms with E-state index < -0.39 is 10.0 Å². The SMILES string of the molecule is Cc1cccc(S(=O)(=O)Nc2cccc(O)c2C)c1. The Labute approximate surface area is 112 Å². The fourth-order valence-electron chi connectivity index (χ4n) is 1.72. The van der Waals surface area contributed by atoms with Crippen molar-refractivity contribution in [1.29, 1.82) is 0 Å². The van der Waals surface area contributed by atoms with Crippen molar-refractivity contribution in [2.75, 3.05) is 4.72 Å². The summed E-state index contributed by atoms with van der Waals surface area (Å²) < 4.78 is 26.9. The van der Waals surface area contributed by atoms with Crippen LogP contribution in [0.1, 0.15) is 11.1 Å². The maximum absolute atomic E-state index is 12.2. The van der Waals surface area contributed by atoms with Crippen molar-refractivity contribution in [3.63, 3.8) is 0 Å². The van der Waals surface area contributed by atoms with Gasteiger partial charge in [-0.3, -0.25) is 4.72 Å². The van der Waals surface area contributed by atoms with Gasteiger partial charge in [0.25, 0.3) is 10.0 Å². The molecule has 0 saturated carbocycles. The van der Waals surface area contributed by atoms with Crippen LogP contribution >= 0.6 is 0 Å². The van der Waals surface area contributed by atoms with Gasteiger partial charge in [-0.15, -0.1) is 0 Å². The normalized spacial score (nSPS) is 11.3. The lowest BCUT2D eigenvalue weighted by Gasteiger charge is -2.11. The fraction of sp³-hybridized carbons (Fsp3) is 0.143. The van der Waals surface area contributed by atoms with Crippen molar-refractivity contribution in [3.05, 3.63) is 53.6 Å². The van der Waals surface area contributed by atoms with E-state index >= 15 is 0 Å². The lowest BCUT2D eigenvalue weighted by molar-refractivity contribution is 0.471. The number of rotatable bonds is 3. The molecule has 2 aromatic carbocycles. The van der Waals surface area contributed by atoms with Crippen LogP contribution in [0.4, 0.5) is 5.69 Å². The third-order valence-corrected chi connectivity index (χ3v) is 4.21. The Morgan fingerprint density at radius 2 is 1.74 bits per heavy atom. The quantitative estimate of drug-likeness (QED) is 0.906. The molecule has 5 heteroatoms. The highest BCUT2D eigenvalue weighted by Crippen LogP contribution is 2.26. The Morgan fingerprint density at radius 1 is 1.05 bits per heavy atom. The van der Waals surface area contributed by atoms with Gasteiger partial charge in [0.15, 0.2) is 0 Å². The van der Waals surface area contributed by atoms with Gasteiger partial charge >= 0.3 is 0 Å². The molecule has 2 rings (SSSR count). The smallest absolute Gasteiger partial charge is 0.261 e. The topological polar surface area (TPSA) is 66.4 Å². The molecular weight excluding hydrogens is 262 g/mol. The molecule has 0 radical (unpaired) electrons. The van der Waals surface area contributed by atoms with Crippen LogP contribution in [0.5, 0.6) is 5.75 Å². The molecule has 0 aliphatic rings. The second-order valence-corrected chi connectivity index (χ2v) is 6.05. The number of phenolic OH excluding ortho intramolecular Hbond substituents is 1. The van der Waals surface area contributed by atoms with Gasteiger partial charge in [-0.2, -0.15) is 0 Å². The molecule has 2 aromatic rings. The largest absolute Gasteiger partial charge is 0.508 e. The van der Waals surface area contributed by atoms with E-state index in [2.05, 4.69) is 4.72 Å². The molecular formula is C14H15NO3S. The van der Waals surface area contributed by atoms with E-state index in [4.69, 9.17) is 0 Å². The highest BCUT2D eigenvalue weighted by Gasteiger charge is 2.15. The van der Waals surface area contributed by atoms with Crippen molar-refractivity contribution >= 4 is 15.7 Å². The first-order valence-electron chi connectivity index (χ1n) is 5.78. The third-order valence-electron chi connectivity index (χ3n) is 2.85. The van der Waals surface area contributed by atoms with Gasteiger partial charge in [-0.25, -0.2) is 8.42 Å². The maximum Gasteiger partial charge on any atom is 0.261 e. The minimum absolute atomic E-state index is 0.0597. The van der Waals surface area contributed by atoms with Crippen molar-refractivity contribution in [1.82, 2.24) is 0 Å². The summed E-state index contributed by atoms with van der Waals surface area (Å²) in [6.07, 6.45) is 0. The van der Waals surface area contributed by atoms with Crippen molar-refractivity contribution in [2.45, 2.75) is 18.7 Å². The first kappa shape index (κ1) is 13.4. The van der Waals surface area contributed by atoms with E-state index in [1.54, 1.807) is 31.2 Å². The molecule has 19 heavy (non-hydrogen) atoms. The van der Waals surface area contributed by atoms with Crippen LogP contribution in [0, 0.1) is 13.8 Å². The van der Waals surface area contributed by atoms with E-state index in [9.17, 15) is 13.5 Å². The first-order valence-corrected chi connectivity index (χ1v) is 7.26. The van der Waals surface area contributed by atoms with Gasteiger partial charge < -0.3 is 5.11 Å². The van der Waals surface area contributed by atoms with Crippen LogP contribution in [0.3, 0.4) is 0 Å². The first-order chi connectivity index (χ1) is 8.90. The molecule has 0 saturated heterocycles. The summed E-state index contributed by atoms with van der Waals surface area (Å²) in [5.74, 6) is 0.0597. The van der Waals surface area contributed by atoms with Crippen LogP contribution in [0.2, 0.25) is 0 Å². The molecule has 0 amide bonds. The minimum atomic E-state index is -3.64. The number of nitrogens with one attached hydrogen (secondary N) is 1. The summed E-state index contributed by atoms with van der Waals surface area (Å²) >= 11 is 0. The van der Waals surface area contributed by atoms with E-state index in [1.807, 2.05) is 13.0 Å². The van der Waals surface area contributed by atoms with Gasteiger partial charge in [-0.1, -0.05) is 18.2 Å². The lowest BCUT2D eigenvalue weighted by atomic mass is 10.2. The molecule has 0 spiro atoms. The Balaban J connectivity index is 2.39.